The van der Waals surface area contributed by atoms with Crippen molar-refractivity contribution in [2.75, 3.05) is 14.2 Å². The quantitative estimate of drug-likeness (QED) is 0.349. The minimum absolute atomic E-state index is 0.233. The fourth-order valence-corrected chi connectivity index (χ4v) is 3.94. The molecule has 2 amide bonds. The van der Waals surface area contributed by atoms with Gasteiger partial charge in [-0.3, -0.25) is 9.59 Å². The average molecular weight is 487 g/mol. The predicted octanol–water partition coefficient (Wildman–Crippen LogP) is 5.42. The van der Waals surface area contributed by atoms with E-state index in [0.717, 1.165) is 11.1 Å². The Bertz CT molecular complexity index is 1400. The van der Waals surface area contributed by atoms with Crippen LogP contribution < -0.4 is 20.1 Å². The number of methoxy groups -OCH3 is 2. The number of hydrogen-bond donors (Lipinski definition) is 2. The number of carbonyl (C=O) groups is 2. The van der Waals surface area contributed by atoms with Crippen LogP contribution in [0.4, 0.5) is 4.39 Å². The second-order valence-electron chi connectivity index (χ2n) is 8.37. The van der Waals surface area contributed by atoms with Crippen LogP contribution in [0.3, 0.4) is 0 Å². The number of amides is 2. The highest BCUT2D eigenvalue weighted by Gasteiger charge is 2.15. The number of nitrogens with one attached hydrogen (secondary N) is 2. The molecule has 0 radical (unpaired) electrons. The van der Waals surface area contributed by atoms with Gasteiger partial charge in [0.05, 0.1) is 20.3 Å². The molecule has 0 bridgehead atoms. The lowest BCUT2D eigenvalue weighted by Crippen LogP contribution is -2.27. The summed E-state index contributed by atoms with van der Waals surface area (Å²) in [7, 11) is 3.06. The molecular weight excluding hydrogens is 459 g/mol. The summed E-state index contributed by atoms with van der Waals surface area (Å²) in [6.45, 7) is 2.20. The molecule has 0 aromatic heterocycles. The first kappa shape index (κ1) is 24.7. The standard InChI is InChI=1S/C29H27FN2O4/c1-18(32-29(34)23-14-21-6-4-5-7-24(21)25(30)15-23)20-10-8-19(9-11-20)17-31-28(33)22-12-13-26(35-2)27(16-22)36-3/h4-16,18H,17H2,1-3H3,(H,31,33)(H,32,34). The van der Waals surface area contributed by atoms with Crippen LogP contribution >= 0.6 is 0 Å². The van der Waals surface area contributed by atoms with Gasteiger partial charge in [0.15, 0.2) is 11.5 Å². The molecule has 7 heteroatoms. The van der Waals surface area contributed by atoms with Gasteiger partial charge in [-0.1, -0.05) is 48.5 Å². The summed E-state index contributed by atoms with van der Waals surface area (Å²) >= 11 is 0. The normalized spacial score (nSPS) is 11.6. The van der Waals surface area contributed by atoms with Gasteiger partial charge in [0.2, 0.25) is 0 Å². The van der Waals surface area contributed by atoms with Gasteiger partial charge >= 0.3 is 0 Å². The highest BCUT2D eigenvalue weighted by molar-refractivity contribution is 5.99. The van der Waals surface area contributed by atoms with E-state index in [4.69, 9.17) is 9.47 Å². The molecule has 0 saturated heterocycles. The van der Waals surface area contributed by atoms with Gasteiger partial charge in [0, 0.05) is 23.1 Å². The van der Waals surface area contributed by atoms with Gasteiger partial charge in [-0.2, -0.15) is 0 Å². The van der Waals surface area contributed by atoms with Crippen LogP contribution in [0, 0.1) is 5.82 Å². The van der Waals surface area contributed by atoms with E-state index in [1.54, 1.807) is 42.5 Å². The lowest BCUT2D eigenvalue weighted by molar-refractivity contribution is 0.0935. The largest absolute Gasteiger partial charge is 0.493 e. The molecule has 0 aliphatic carbocycles. The highest BCUT2D eigenvalue weighted by atomic mass is 19.1. The summed E-state index contributed by atoms with van der Waals surface area (Å²) in [5, 5.41) is 6.96. The number of benzene rings is 4. The molecule has 4 rings (SSSR count). The van der Waals surface area contributed by atoms with Crippen LogP contribution in [-0.4, -0.2) is 26.0 Å². The minimum atomic E-state index is -0.426. The third-order valence-corrected chi connectivity index (χ3v) is 6.00. The summed E-state index contributed by atoms with van der Waals surface area (Å²) in [6.07, 6.45) is 0. The number of ether oxygens (including phenoxy) is 2. The van der Waals surface area contributed by atoms with Crippen LogP contribution in [-0.2, 0) is 6.54 Å². The van der Waals surface area contributed by atoms with Crippen molar-refractivity contribution in [2.45, 2.75) is 19.5 Å². The summed E-state index contributed by atoms with van der Waals surface area (Å²) in [5.74, 6) is 0.0284. The van der Waals surface area contributed by atoms with Crippen molar-refractivity contribution in [1.82, 2.24) is 10.6 Å². The third kappa shape index (κ3) is 5.46. The molecule has 0 heterocycles. The lowest BCUT2D eigenvalue weighted by Gasteiger charge is -2.16. The Hall–Kier alpha value is -4.39. The molecule has 2 N–H and O–H groups in total. The Labute approximate surface area is 209 Å². The Balaban J connectivity index is 1.36. The van der Waals surface area contributed by atoms with E-state index in [1.165, 1.54) is 20.3 Å². The van der Waals surface area contributed by atoms with Gasteiger partial charge in [-0.05, 0) is 53.8 Å². The zero-order valence-corrected chi connectivity index (χ0v) is 20.3. The number of fused-ring (bicyclic) bond motifs is 1. The summed E-state index contributed by atoms with van der Waals surface area (Å²) in [6, 6.07) is 22.2. The van der Waals surface area contributed by atoms with E-state index in [-0.39, 0.29) is 23.4 Å². The highest BCUT2D eigenvalue weighted by Crippen LogP contribution is 2.27. The summed E-state index contributed by atoms with van der Waals surface area (Å²) in [5.41, 5.74) is 2.53. The van der Waals surface area contributed by atoms with Crippen molar-refractivity contribution < 1.29 is 23.5 Å². The van der Waals surface area contributed by atoms with Gasteiger partial charge in [-0.15, -0.1) is 0 Å². The van der Waals surface area contributed by atoms with Gasteiger partial charge in [0.1, 0.15) is 5.82 Å². The molecule has 1 unspecified atom stereocenters. The van der Waals surface area contributed by atoms with Crippen LogP contribution in [0.1, 0.15) is 44.8 Å². The molecule has 36 heavy (non-hydrogen) atoms. The molecule has 6 nitrogen and oxygen atoms in total. The minimum Gasteiger partial charge on any atom is -0.493 e. The Kier molecular flexibility index (Phi) is 7.49. The lowest BCUT2D eigenvalue weighted by atomic mass is 10.0. The van der Waals surface area contributed by atoms with E-state index in [1.807, 2.05) is 37.3 Å². The van der Waals surface area contributed by atoms with Crippen LogP contribution in [0.5, 0.6) is 11.5 Å². The Morgan fingerprint density at radius 2 is 1.56 bits per heavy atom. The van der Waals surface area contributed by atoms with E-state index in [9.17, 15) is 14.0 Å². The first-order chi connectivity index (χ1) is 17.4. The van der Waals surface area contributed by atoms with E-state index in [2.05, 4.69) is 10.6 Å². The van der Waals surface area contributed by atoms with Crippen molar-refractivity contribution in [2.24, 2.45) is 0 Å². The Morgan fingerprint density at radius 3 is 2.28 bits per heavy atom. The van der Waals surface area contributed by atoms with Crippen molar-refractivity contribution in [3.63, 3.8) is 0 Å². The second kappa shape index (κ2) is 10.9. The summed E-state index contributed by atoms with van der Waals surface area (Å²) in [4.78, 5) is 25.3. The van der Waals surface area contributed by atoms with E-state index < -0.39 is 5.82 Å². The zero-order chi connectivity index (χ0) is 25.7. The molecular formula is C29H27FN2O4. The van der Waals surface area contributed by atoms with Crippen molar-refractivity contribution in [3.8, 4) is 11.5 Å². The molecule has 4 aromatic carbocycles. The van der Waals surface area contributed by atoms with Gasteiger partial charge in [-0.25, -0.2) is 4.39 Å². The maximum Gasteiger partial charge on any atom is 0.251 e. The third-order valence-electron chi connectivity index (χ3n) is 6.00. The zero-order valence-electron chi connectivity index (χ0n) is 20.3. The SMILES string of the molecule is COc1ccc(C(=O)NCc2ccc(C(C)NC(=O)c3cc(F)c4ccccc4c3)cc2)cc1OC. The maximum absolute atomic E-state index is 14.4. The van der Waals surface area contributed by atoms with Gasteiger partial charge in [0.25, 0.3) is 11.8 Å². The van der Waals surface area contributed by atoms with Crippen LogP contribution in [0.15, 0.2) is 78.9 Å². The first-order valence-electron chi connectivity index (χ1n) is 11.5. The van der Waals surface area contributed by atoms with Crippen molar-refractivity contribution >= 4 is 22.6 Å². The maximum atomic E-state index is 14.4. The second-order valence-corrected chi connectivity index (χ2v) is 8.37. The predicted molar refractivity (Wildman–Crippen MR) is 137 cm³/mol. The van der Waals surface area contributed by atoms with E-state index >= 15 is 0 Å². The van der Waals surface area contributed by atoms with E-state index in [0.29, 0.717) is 34.4 Å². The molecule has 4 aromatic rings. The molecule has 0 saturated carbocycles. The molecule has 0 aliphatic heterocycles. The Morgan fingerprint density at radius 1 is 0.833 bits per heavy atom. The molecule has 0 fully saturated rings. The smallest absolute Gasteiger partial charge is 0.251 e. The van der Waals surface area contributed by atoms with Gasteiger partial charge < -0.3 is 20.1 Å². The van der Waals surface area contributed by atoms with Crippen LogP contribution in [0.2, 0.25) is 0 Å². The fourth-order valence-electron chi connectivity index (χ4n) is 3.94. The van der Waals surface area contributed by atoms with Crippen molar-refractivity contribution in [1.29, 1.82) is 0 Å². The number of halogens is 1. The topological polar surface area (TPSA) is 76.7 Å². The fraction of sp³-hybridized carbons (Fsp3) is 0.172. The number of carbonyl (C=O) groups excluding carboxylic acids is 2. The first-order valence-corrected chi connectivity index (χ1v) is 11.5. The summed E-state index contributed by atoms with van der Waals surface area (Å²) < 4.78 is 24.9. The molecule has 184 valence electrons. The molecule has 0 aliphatic rings. The average Bonchev–Trinajstić information content (AvgIpc) is 2.91. The van der Waals surface area contributed by atoms with Crippen LogP contribution in [0.25, 0.3) is 10.8 Å². The molecule has 0 spiro atoms. The van der Waals surface area contributed by atoms with Crippen molar-refractivity contribution in [3.05, 3.63) is 107 Å². The number of rotatable bonds is 8. The molecule has 1 atom stereocenters. The monoisotopic (exact) mass is 486 g/mol. The number of hydrogen-bond acceptors (Lipinski definition) is 4.